The second kappa shape index (κ2) is 9.55. The summed E-state index contributed by atoms with van der Waals surface area (Å²) in [6.45, 7) is 9.27. The Bertz CT molecular complexity index is 105. The molecule has 0 saturated heterocycles. The molecule has 0 spiro atoms. The zero-order valence-electron chi connectivity index (χ0n) is 10.7. The van der Waals surface area contributed by atoms with Gasteiger partial charge in [-0.2, -0.15) is 0 Å². The van der Waals surface area contributed by atoms with Crippen molar-refractivity contribution in [3.05, 3.63) is 6.42 Å². The highest BCUT2D eigenvalue weighted by atomic mass is 14.0. The fraction of sp³-hybridized carbons (Fsp3) is 0.929. The van der Waals surface area contributed by atoms with E-state index in [4.69, 9.17) is 0 Å². The fourth-order valence-electron chi connectivity index (χ4n) is 1.63. The zero-order valence-corrected chi connectivity index (χ0v) is 10.7. The molecule has 0 aromatic carbocycles. The Labute approximate surface area is 91.5 Å². The molecule has 1 unspecified atom stereocenters. The number of hydrogen-bond donors (Lipinski definition) is 0. The van der Waals surface area contributed by atoms with Crippen LogP contribution in [0, 0.1) is 18.3 Å². The third-order valence-electron chi connectivity index (χ3n) is 2.99. The van der Waals surface area contributed by atoms with Crippen molar-refractivity contribution in [3.63, 3.8) is 0 Å². The first-order valence-corrected chi connectivity index (χ1v) is 6.48. The molecule has 0 rings (SSSR count). The SMILES string of the molecule is CCC(C)CCC[CH]CCCC(C)C. The van der Waals surface area contributed by atoms with E-state index in [-0.39, 0.29) is 0 Å². The van der Waals surface area contributed by atoms with E-state index in [0.717, 1.165) is 11.8 Å². The second-order valence-electron chi connectivity index (χ2n) is 5.06. The summed E-state index contributed by atoms with van der Waals surface area (Å²) >= 11 is 0. The van der Waals surface area contributed by atoms with Gasteiger partial charge < -0.3 is 0 Å². The summed E-state index contributed by atoms with van der Waals surface area (Å²) < 4.78 is 0. The van der Waals surface area contributed by atoms with E-state index in [2.05, 4.69) is 34.1 Å². The van der Waals surface area contributed by atoms with E-state index in [1.54, 1.807) is 0 Å². The van der Waals surface area contributed by atoms with Crippen molar-refractivity contribution in [1.82, 2.24) is 0 Å². The van der Waals surface area contributed by atoms with Crippen LogP contribution in [0.15, 0.2) is 0 Å². The summed E-state index contributed by atoms with van der Waals surface area (Å²) in [6, 6.07) is 0. The lowest BCUT2D eigenvalue weighted by Gasteiger charge is -2.07. The van der Waals surface area contributed by atoms with Gasteiger partial charge in [-0.15, -0.1) is 0 Å². The van der Waals surface area contributed by atoms with Crippen LogP contribution < -0.4 is 0 Å². The van der Waals surface area contributed by atoms with Gasteiger partial charge in [-0.1, -0.05) is 72.6 Å². The molecule has 0 aliphatic heterocycles. The first kappa shape index (κ1) is 14.0. The lowest BCUT2D eigenvalue weighted by atomic mass is 9.99. The van der Waals surface area contributed by atoms with Crippen LogP contribution in [0.25, 0.3) is 0 Å². The smallest absolute Gasteiger partial charge is 0.0386 e. The average molecular weight is 197 g/mol. The van der Waals surface area contributed by atoms with Gasteiger partial charge in [0.05, 0.1) is 0 Å². The maximum atomic E-state index is 2.49. The standard InChI is InChI=1S/C14H29/c1-5-14(4)12-10-8-6-7-9-11-13(2)3/h6,13-14H,5,7-12H2,1-4H3. The topological polar surface area (TPSA) is 0 Å². The van der Waals surface area contributed by atoms with Gasteiger partial charge >= 0.3 is 0 Å². The van der Waals surface area contributed by atoms with Crippen LogP contribution >= 0.6 is 0 Å². The third-order valence-corrected chi connectivity index (χ3v) is 2.99. The van der Waals surface area contributed by atoms with Crippen LogP contribution in [0.5, 0.6) is 0 Å². The normalized spacial score (nSPS) is 13.5. The minimum Gasteiger partial charge on any atom is -0.0651 e. The molecule has 0 heterocycles. The molecule has 14 heavy (non-hydrogen) atoms. The summed E-state index contributed by atoms with van der Waals surface area (Å²) in [5, 5.41) is 0. The van der Waals surface area contributed by atoms with E-state index >= 15 is 0 Å². The Balaban J connectivity index is 2.99. The van der Waals surface area contributed by atoms with Crippen molar-refractivity contribution < 1.29 is 0 Å². The number of rotatable bonds is 9. The first-order chi connectivity index (χ1) is 6.66. The van der Waals surface area contributed by atoms with Crippen molar-refractivity contribution >= 4 is 0 Å². The minimum absolute atomic E-state index is 0.878. The Morgan fingerprint density at radius 2 is 1.50 bits per heavy atom. The van der Waals surface area contributed by atoms with Gasteiger partial charge in [0, 0.05) is 0 Å². The van der Waals surface area contributed by atoms with Crippen LogP contribution in [0.2, 0.25) is 0 Å². The van der Waals surface area contributed by atoms with Crippen LogP contribution in [-0.4, -0.2) is 0 Å². The predicted octanol–water partition coefficient (Wildman–Crippen LogP) is 5.23. The third kappa shape index (κ3) is 10.1. The summed E-state index contributed by atoms with van der Waals surface area (Å²) in [4.78, 5) is 0. The molecule has 1 atom stereocenters. The largest absolute Gasteiger partial charge is 0.0651 e. The highest BCUT2D eigenvalue weighted by Crippen LogP contribution is 2.14. The van der Waals surface area contributed by atoms with E-state index in [1.165, 1.54) is 44.9 Å². The first-order valence-electron chi connectivity index (χ1n) is 6.48. The lowest BCUT2D eigenvalue weighted by Crippen LogP contribution is -1.92. The molecular weight excluding hydrogens is 168 g/mol. The molecule has 85 valence electrons. The van der Waals surface area contributed by atoms with Gasteiger partial charge in [0.15, 0.2) is 0 Å². The van der Waals surface area contributed by atoms with Crippen LogP contribution in [0.4, 0.5) is 0 Å². The van der Waals surface area contributed by atoms with Crippen LogP contribution in [-0.2, 0) is 0 Å². The van der Waals surface area contributed by atoms with Crippen LogP contribution in [0.3, 0.4) is 0 Å². The molecule has 0 nitrogen and oxygen atoms in total. The van der Waals surface area contributed by atoms with Crippen molar-refractivity contribution in [2.45, 2.75) is 72.6 Å². The maximum absolute atomic E-state index is 2.49. The predicted molar refractivity (Wildman–Crippen MR) is 66.3 cm³/mol. The lowest BCUT2D eigenvalue weighted by molar-refractivity contribution is 0.488. The number of hydrogen-bond acceptors (Lipinski definition) is 0. The quantitative estimate of drug-likeness (QED) is 0.444. The molecule has 0 N–H and O–H groups in total. The Morgan fingerprint density at radius 3 is 2.00 bits per heavy atom. The molecule has 0 aromatic heterocycles. The molecule has 0 aliphatic rings. The van der Waals surface area contributed by atoms with Crippen molar-refractivity contribution in [2.75, 3.05) is 0 Å². The van der Waals surface area contributed by atoms with Gasteiger partial charge in [-0.25, -0.2) is 0 Å². The number of unbranched alkanes of at least 4 members (excludes halogenated alkanes) is 4. The zero-order chi connectivity index (χ0) is 10.8. The molecule has 1 radical (unpaired) electrons. The van der Waals surface area contributed by atoms with Gasteiger partial charge in [0.2, 0.25) is 0 Å². The van der Waals surface area contributed by atoms with E-state index in [0.29, 0.717) is 0 Å². The van der Waals surface area contributed by atoms with Crippen LogP contribution in [0.1, 0.15) is 72.6 Å². The molecule has 0 aromatic rings. The summed E-state index contributed by atoms with van der Waals surface area (Å²) in [5.41, 5.74) is 0. The van der Waals surface area contributed by atoms with Crippen molar-refractivity contribution in [3.8, 4) is 0 Å². The summed E-state index contributed by atoms with van der Waals surface area (Å²) in [7, 11) is 0. The van der Waals surface area contributed by atoms with Gasteiger partial charge in [0.1, 0.15) is 0 Å². The van der Waals surface area contributed by atoms with Gasteiger partial charge in [0.25, 0.3) is 0 Å². The molecule has 0 bridgehead atoms. The Kier molecular flexibility index (Phi) is 9.55. The molecule has 0 saturated carbocycles. The minimum atomic E-state index is 0.878. The van der Waals surface area contributed by atoms with E-state index < -0.39 is 0 Å². The molecule has 0 aliphatic carbocycles. The average Bonchev–Trinajstić information content (AvgIpc) is 2.15. The second-order valence-corrected chi connectivity index (χ2v) is 5.06. The molecular formula is C14H29. The fourth-order valence-corrected chi connectivity index (χ4v) is 1.63. The van der Waals surface area contributed by atoms with Crippen molar-refractivity contribution in [2.24, 2.45) is 11.8 Å². The summed E-state index contributed by atoms with van der Waals surface area (Å²) in [5.74, 6) is 1.81. The van der Waals surface area contributed by atoms with E-state index in [1.807, 2.05) is 0 Å². The molecule has 0 fully saturated rings. The monoisotopic (exact) mass is 197 g/mol. The summed E-state index contributed by atoms with van der Waals surface area (Å²) in [6.07, 6.45) is 12.1. The van der Waals surface area contributed by atoms with Crippen molar-refractivity contribution in [1.29, 1.82) is 0 Å². The van der Waals surface area contributed by atoms with Gasteiger partial charge in [-0.05, 0) is 18.3 Å². The molecule has 0 heteroatoms. The molecule has 0 amide bonds. The Hall–Kier alpha value is 0. The van der Waals surface area contributed by atoms with Gasteiger partial charge in [-0.3, -0.25) is 0 Å². The highest BCUT2D eigenvalue weighted by molar-refractivity contribution is 4.65. The van der Waals surface area contributed by atoms with E-state index in [9.17, 15) is 0 Å². The Morgan fingerprint density at radius 1 is 0.929 bits per heavy atom. The highest BCUT2D eigenvalue weighted by Gasteiger charge is 1.98. The maximum Gasteiger partial charge on any atom is -0.0386 e.